The van der Waals surface area contributed by atoms with Crippen LogP contribution >= 0.6 is 0 Å². The summed E-state index contributed by atoms with van der Waals surface area (Å²) in [5.41, 5.74) is 1.51. The quantitative estimate of drug-likeness (QED) is 0.357. The van der Waals surface area contributed by atoms with Crippen molar-refractivity contribution in [3.05, 3.63) is 41.2 Å². The summed E-state index contributed by atoms with van der Waals surface area (Å²) >= 11 is 0. The fraction of sp³-hybridized carbons (Fsp3) is 0.643. The van der Waals surface area contributed by atoms with E-state index in [1.54, 1.807) is 12.3 Å². The number of aromatic nitrogens is 6. The molecule has 3 aromatic rings. The van der Waals surface area contributed by atoms with Gasteiger partial charge in [0.25, 0.3) is 11.7 Å². The van der Waals surface area contributed by atoms with E-state index in [1.165, 1.54) is 15.4 Å². The van der Waals surface area contributed by atoms with E-state index < -0.39 is 42.7 Å². The predicted molar refractivity (Wildman–Crippen MR) is 147 cm³/mol. The molecule has 2 aliphatic heterocycles. The maximum Gasteiger partial charge on any atom is 0.410 e. The van der Waals surface area contributed by atoms with Crippen LogP contribution in [0, 0.1) is 5.92 Å². The van der Waals surface area contributed by atoms with E-state index in [1.807, 2.05) is 12.2 Å². The Bertz CT molecular complexity index is 1540. The number of alkyl halides is 5. The molecule has 12 nitrogen and oxygen atoms in total. The molecule has 17 heteroatoms. The number of urea groups is 1. The first-order chi connectivity index (χ1) is 21.4. The predicted octanol–water partition coefficient (Wildman–Crippen LogP) is 3.99. The van der Waals surface area contributed by atoms with Gasteiger partial charge in [0.2, 0.25) is 5.92 Å². The number of carbonyl (C=O) groups is 2. The minimum Gasteiger partial charge on any atom is -0.381 e. The van der Waals surface area contributed by atoms with Gasteiger partial charge < -0.3 is 20.3 Å². The molecule has 6 rings (SSSR count). The standard InChI is InChI=1S/C28H34F5N9O3/c1-2-41-20(5-10-34-41)24(43)37-22(16-3-8-27(29,30)9-4-16)18-14-42-25(35-18)38-23(17-6-11-45-12-7-17)19(39-42)13-40-15-21(28(31,32)33)36-26(40)44/h5,10,14,16-17,21-22H,2-4,6-9,11-13,15H2,1H3,(H,36,44)(H,37,43)/t21-,22-/m0/s1. The number of halogens is 5. The number of nitrogens with zero attached hydrogens (tertiary/aromatic N) is 7. The van der Waals surface area contributed by atoms with Gasteiger partial charge in [-0.25, -0.2) is 28.1 Å². The number of carbonyl (C=O) groups excluding carboxylic acids is 2. The molecular weight excluding hydrogens is 605 g/mol. The van der Waals surface area contributed by atoms with E-state index in [4.69, 9.17) is 9.72 Å². The van der Waals surface area contributed by atoms with Gasteiger partial charge >= 0.3 is 12.2 Å². The number of aryl methyl sites for hydroxylation is 1. The monoisotopic (exact) mass is 639 g/mol. The van der Waals surface area contributed by atoms with E-state index in [0.717, 1.165) is 4.90 Å². The molecule has 2 atom stereocenters. The van der Waals surface area contributed by atoms with Crippen molar-refractivity contribution in [1.82, 2.24) is 44.9 Å². The Balaban J connectivity index is 1.35. The zero-order valence-corrected chi connectivity index (χ0v) is 24.6. The van der Waals surface area contributed by atoms with Crippen LogP contribution in [0.1, 0.15) is 85.0 Å². The second-order valence-corrected chi connectivity index (χ2v) is 11.8. The minimum atomic E-state index is -4.60. The van der Waals surface area contributed by atoms with Crippen molar-refractivity contribution in [2.75, 3.05) is 19.8 Å². The Morgan fingerprint density at radius 1 is 1.18 bits per heavy atom. The van der Waals surface area contributed by atoms with Gasteiger partial charge in [0.1, 0.15) is 17.4 Å². The number of rotatable bonds is 8. The van der Waals surface area contributed by atoms with Crippen LogP contribution in [-0.4, -0.2) is 84.1 Å². The third-order valence-corrected chi connectivity index (χ3v) is 8.85. The van der Waals surface area contributed by atoms with Gasteiger partial charge in [0, 0.05) is 44.7 Å². The topological polar surface area (TPSA) is 132 Å². The summed E-state index contributed by atoms with van der Waals surface area (Å²) in [6.45, 7) is 2.44. The van der Waals surface area contributed by atoms with Crippen LogP contribution in [0.5, 0.6) is 0 Å². The van der Waals surface area contributed by atoms with Crippen LogP contribution in [0.15, 0.2) is 18.5 Å². The van der Waals surface area contributed by atoms with Crippen molar-refractivity contribution >= 4 is 17.7 Å². The van der Waals surface area contributed by atoms with E-state index in [0.29, 0.717) is 55.4 Å². The Morgan fingerprint density at radius 2 is 1.91 bits per heavy atom. The molecule has 0 aromatic carbocycles. The largest absolute Gasteiger partial charge is 0.410 e. The SMILES string of the molecule is CCn1nccc1C(=O)N[C@H](c1cn2nc(CN3C[C@@H](C(F)(F)F)NC3=O)c(C3CCOCC3)nc2n1)C1CCC(F)(F)CC1. The highest BCUT2D eigenvalue weighted by Gasteiger charge is 2.47. The van der Waals surface area contributed by atoms with Gasteiger partial charge in [-0.05, 0) is 44.6 Å². The highest BCUT2D eigenvalue weighted by Crippen LogP contribution is 2.41. The lowest BCUT2D eigenvalue weighted by atomic mass is 9.81. The summed E-state index contributed by atoms with van der Waals surface area (Å²) in [6, 6.07) is -2.03. The maximum atomic E-state index is 14.1. The van der Waals surface area contributed by atoms with Gasteiger partial charge in [-0.1, -0.05) is 0 Å². The number of fused-ring (bicyclic) bond motifs is 1. The van der Waals surface area contributed by atoms with Gasteiger partial charge in [-0.2, -0.15) is 23.4 Å². The summed E-state index contributed by atoms with van der Waals surface area (Å²) in [5.74, 6) is -3.50. The molecule has 0 bridgehead atoms. The third-order valence-electron chi connectivity index (χ3n) is 8.85. The fourth-order valence-electron chi connectivity index (χ4n) is 6.36. The van der Waals surface area contributed by atoms with E-state index >= 15 is 0 Å². The van der Waals surface area contributed by atoms with Crippen LogP contribution in [0.4, 0.5) is 26.7 Å². The van der Waals surface area contributed by atoms with Gasteiger partial charge in [-0.15, -0.1) is 0 Å². The van der Waals surface area contributed by atoms with E-state index in [2.05, 4.69) is 20.5 Å². The average molecular weight is 640 g/mol. The lowest BCUT2D eigenvalue weighted by Crippen LogP contribution is -2.40. The lowest BCUT2D eigenvalue weighted by Gasteiger charge is -2.33. The molecule has 5 heterocycles. The number of hydrogen-bond acceptors (Lipinski definition) is 7. The molecule has 0 unspecified atom stereocenters. The van der Waals surface area contributed by atoms with Gasteiger partial charge in [0.15, 0.2) is 0 Å². The molecule has 244 valence electrons. The summed E-state index contributed by atoms with van der Waals surface area (Å²) in [5, 5.41) is 13.8. The van der Waals surface area contributed by atoms with Crippen LogP contribution in [0.25, 0.3) is 5.78 Å². The molecular formula is C28H34F5N9O3. The van der Waals surface area contributed by atoms with Crippen molar-refractivity contribution in [2.24, 2.45) is 5.92 Å². The Labute approximate surface area is 254 Å². The molecule has 3 aromatic heterocycles. The zero-order valence-electron chi connectivity index (χ0n) is 24.6. The van der Waals surface area contributed by atoms with Gasteiger partial charge in [0.05, 0.1) is 36.7 Å². The second kappa shape index (κ2) is 12.1. The second-order valence-electron chi connectivity index (χ2n) is 11.8. The summed E-state index contributed by atoms with van der Waals surface area (Å²) in [6.07, 6.45) is -0.677. The van der Waals surface area contributed by atoms with Crippen molar-refractivity contribution in [2.45, 2.75) is 88.6 Å². The minimum absolute atomic E-state index is 0.124. The summed E-state index contributed by atoms with van der Waals surface area (Å²) in [4.78, 5) is 36.3. The molecule has 45 heavy (non-hydrogen) atoms. The average Bonchev–Trinajstić information content (AvgIpc) is 3.74. The number of hydrogen-bond donors (Lipinski definition) is 2. The molecule has 0 radical (unpaired) electrons. The third kappa shape index (κ3) is 6.58. The Hall–Kier alpha value is -3.89. The Kier molecular flexibility index (Phi) is 8.39. The van der Waals surface area contributed by atoms with E-state index in [9.17, 15) is 31.5 Å². The Morgan fingerprint density at radius 3 is 2.58 bits per heavy atom. The molecule has 2 N–H and O–H groups in total. The first-order valence-corrected chi connectivity index (χ1v) is 15.1. The number of imidazole rings is 1. The van der Waals surface area contributed by atoms with Crippen LogP contribution in [0.3, 0.4) is 0 Å². The molecule has 0 spiro atoms. The molecule has 1 aliphatic carbocycles. The van der Waals surface area contributed by atoms with Crippen molar-refractivity contribution in [3.63, 3.8) is 0 Å². The molecule has 3 fully saturated rings. The summed E-state index contributed by atoms with van der Waals surface area (Å²) in [7, 11) is 0. The fourth-order valence-corrected chi connectivity index (χ4v) is 6.36. The molecule has 3 aliphatic rings. The zero-order chi connectivity index (χ0) is 31.9. The van der Waals surface area contributed by atoms with Crippen molar-refractivity contribution in [3.8, 4) is 0 Å². The summed E-state index contributed by atoms with van der Waals surface area (Å²) < 4.78 is 76.6. The maximum absolute atomic E-state index is 14.1. The van der Waals surface area contributed by atoms with Crippen LogP contribution < -0.4 is 10.6 Å². The molecule has 1 saturated carbocycles. The van der Waals surface area contributed by atoms with E-state index in [-0.39, 0.29) is 49.8 Å². The smallest absolute Gasteiger partial charge is 0.381 e. The lowest BCUT2D eigenvalue weighted by molar-refractivity contribution is -0.149. The molecule has 3 amide bonds. The highest BCUT2D eigenvalue weighted by atomic mass is 19.4. The molecule has 2 saturated heterocycles. The van der Waals surface area contributed by atoms with Crippen molar-refractivity contribution < 1.29 is 36.3 Å². The first kappa shape index (κ1) is 31.1. The van der Waals surface area contributed by atoms with Crippen molar-refractivity contribution in [1.29, 1.82) is 0 Å². The highest BCUT2D eigenvalue weighted by molar-refractivity contribution is 5.92. The van der Waals surface area contributed by atoms with Gasteiger partial charge in [-0.3, -0.25) is 9.48 Å². The normalized spacial score (nSPS) is 22.1. The first-order valence-electron chi connectivity index (χ1n) is 15.1. The van der Waals surface area contributed by atoms with Crippen LogP contribution in [-0.2, 0) is 17.8 Å². The number of nitrogens with one attached hydrogen (secondary N) is 2. The number of ether oxygens (including phenoxy) is 1. The number of amides is 3. The van der Waals surface area contributed by atoms with Crippen LogP contribution in [0.2, 0.25) is 0 Å².